The smallest absolute Gasteiger partial charge is 0.334 e. The Bertz CT molecular complexity index is 186. The highest BCUT2D eigenvalue weighted by atomic mass is 16.6. The van der Waals surface area contributed by atoms with Crippen LogP contribution in [0, 0.1) is 0 Å². The molecule has 18 heavy (non-hydrogen) atoms. The summed E-state index contributed by atoms with van der Waals surface area (Å²) in [5.74, 6) is 4.38. The molecule has 4 heteroatoms. The number of rotatable bonds is 13. The molecule has 0 atom stereocenters. The van der Waals surface area contributed by atoms with E-state index in [-0.39, 0.29) is 12.6 Å². The summed E-state index contributed by atoms with van der Waals surface area (Å²) in [6.07, 6.45) is 12.8. The molecule has 0 bridgehead atoms. The highest BCUT2D eigenvalue weighted by Gasteiger charge is 2.00. The second kappa shape index (κ2) is 14.5. The lowest BCUT2D eigenvalue weighted by molar-refractivity contribution is -0.149. The third-order valence-corrected chi connectivity index (χ3v) is 2.96. The second-order valence-electron chi connectivity index (χ2n) is 4.71. The van der Waals surface area contributed by atoms with E-state index in [0.717, 1.165) is 12.8 Å². The zero-order valence-electron chi connectivity index (χ0n) is 11.8. The largest absolute Gasteiger partial charge is 0.464 e. The lowest BCUT2D eigenvalue weighted by atomic mass is 10.1. The van der Waals surface area contributed by atoms with Gasteiger partial charge in [-0.25, -0.2) is 10.7 Å². The number of carbonyl (C=O) groups is 1. The van der Waals surface area contributed by atoms with Gasteiger partial charge in [0.25, 0.3) is 0 Å². The molecule has 0 saturated heterocycles. The predicted octanol–water partition coefficient (Wildman–Crippen LogP) is 3.34. The molecular formula is C14H29NO3. The van der Waals surface area contributed by atoms with Crippen molar-refractivity contribution in [1.82, 2.24) is 0 Å². The summed E-state index contributed by atoms with van der Waals surface area (Å²) >= 11 is 0. The first kappa shape index (κ1) is 17.4. The van der Waals surface area contributed by atoms with Crippen molar-refractivity contribution in [3.63, 3.8) is 0 Å². The summed E-state index contributed by atoms with van der Waals surface area (Å²) in [4.78, 5) is 15.1. The molecule has 0 aromatic rings. The molecule has 0 aromatic heterocycles. The normalized spacial score (nSPS) is 10.6. The Morgan fingerprint density at radius 3 is 1.89 bits per heavy atom. The Morgan fingerprint density at radius 1 is 0.889 bits per heavy atom. The van der Waals surface area contributed by atoms with Crippen molar-refractivity contribution < 1.29 is 14.4 Å². The Balaban J connectivity index is 3.01. The molecule has 0 fully saturated rings. The molecule has 0 aliphatic rings. The van der Waals surface area contributed by atoms with Crippen molar-refractivity contribution >= 4 is 5.97 Å². The molecule has 0 heterocycles. The van der Waals surface area contributed by atoms with E-state index in [9.17, 15) is 4.79 Å². The van der Waals surface area contributed by atoms with Crippen LogP contribution >= 0.6 is 0 Å². The van der Waals surface area contributed by atoms with Crippen molar-refractivity contribution in [1.29, 1.82) is 0 Å². The van der Waals surface area contributed by atoms with E-state index in [4.69, 9.17) is 10.6 Å². The van der Waals surface area contributed by atoms with Gasteiger partial charge in [-0.2, -0.15) is 0 Å². The molecule has 2 N–H and O–H groups in total. The Labute approximate surface area is 111 Å². The van der Waals surface area contributed by atoms with Gasteiger partial charge in [0.15, 0.2) is 6.61 Å². The number of hydrogen-bond acceptors (Lipinski definition) is 4. The van der Waals surface area contributed by atoms with Gasteiger partial charge >= 0.3 is 5.97 Å². The number of nitrogens with two attached hydrogens (primary N) is 1. The SMILES string of the molecule is CCCCCCCCCCCCOC(=O)CON. The van der Waals surface area contributed by atoms with Gasteiger partial charge in [-0.15, -0.1) is 0 Å². The van der Waals surface area contributed by atoms with Crippen LogP contribution in [0.4, 0.5) is 0 Å². The standard InChI is InChI=1S/C14H29NO3/c1-2-3-4-5-6-7-8-9-10-11-12-17-14(16)13-18-15/h2-13,15H2,1H3. The minimum Gasteiger partial charge on any atom is -0.464 e. The zero-order valence-corrected chi connectivity index (χ0v) is 11.8. The molecule has 0 unspecified atom stereocenters. The minimum atomic E-state index is -0.381. The maximum Gasteiger partial charge on any atom is 0.334 e. The molecule has 0 aliphatic heterocycles. The first-order chi connectivity index (χ1) is 8.81. The van der Waals surface area contributed by atoms with E-state index in [1.165, 1.54) is 51.4 Å². The Morgan fingerprint density at radius 2 is 1.39 bits per heavy atom. The molecule has 0 amide bonds. The van der Waals surface area contributed by atoms with E-state index < -0.39 is 0 Å². The van der Waals surface area contributed by atoms with Crippen molar-refractivity contribution in [2.45, 2.75) is 71.1 Å². The molecule has 0 aromatic carbocycles. The molecule has 0 radical (unpaired) electrons. The van der Waals surface area contributed by atoms with E-state index >= 15 is 0 Å². The van der Waals surface area contributed by atoms with E-state index in [2.05, 4.69) is 11.8 Å². The molecule has 108 valence electrons. The minimum absolute atomic E-state index is 0.155. The van der Waals surface area contributed by atoms with Crippen LogP contribution < -0.4 is 5.90 Å². The van der Waals surface area contributed by atoms with Gasteiger partial charge in [-0.05, 0) is 6.42 Å². The fourth-order valence-corrected chi connectivity index (χ4v) is 1.89. The summed E-state index contributed by atoms with van der Waals surface area (Å²) in [6, 6.07) is 0. The lowest BCUT2D eigenvalue weighted by Gasteiger charge is -2.04. The third kappa shape index (κ3) is 13.5. The van der Waals surface area contributed by atoms with E-state index in [1.807, 2.05) is 0 Å². The first-order valence-corrected chi connectivity index (χ1v) is 7.28. The Kier molecular flexibility index (Phi) is 14.0. The monoisotopic (exact) mass is 259 g/mol. The number of esters is 1. The molecule has 0 rings (SSSR count). The molecule has 0 aliphatic carbocycles. The summed E-state index contributed by atoms with van der Waals surface area (Å²) in [6.45, 7) is 2.57. The van der Waals surface area contributed by atoms with Crippen molar-refractivity contribution in [2.75, 3.05) is 13.2 Å². The van der Waals surface area contributed by atoms with Crippen LogP contribution in [0.5, 0.6) is 0 Å². The van der Waals surface area contributed by atoms with E-state index in [1.54, 1.807) is 0 Å². The Hall–Kier alpha value is -0.610. The fraction of sp³-hybridized carbons (Fsp3) is 0.929. The quantitative estimate of drug-likeness (QED) is 0.313. The van der Waals surface area contributed by atoms with Crippen LogP contribution in [0.1, 0.15) is 71.1 Å². The van der Waals surface area contributed by atoms with Gasteiger partial charge in [-0.3, -0.25) is 4.84 Å². The maximum absolute atomic E-state index is 10.9. The van der Waals surface area contributed by atoms with Crippen molar-refractivity contribution in [2.24, 2.45) is 5.90 Å². The average molecular weight is 259 g/mol. The van der Waals surface area contributed by atoms with Gasteiger partial charge in [0.05, 0.1) is 6.61 Å². The third-order valence-electron chi connectivity index (χ3n) is 2.96. The second-order valence-corrected chi connectivity index (χ2v) is 4.71. The number of carbonyl (C=O) groups excluding carboxylic acids is 1. The summed E-state index contributed by atoms with van der Waals surface area (Å²) in [5, 5.41) is 0. The van der Waals surface area contributed by atoms with Crippen LogP contribution in [-0.2, 0) is 14.4 Å². The van der Waals surface area contributed by atoms with Gasteiger partial charge in [-0.1, -0.05) is 64.7 Å². The van der Waals surface area contributed by atoms with E-state index in [0.29, 0.717) is 6.61 Å². The zero-order chi connectivity index (χ0) is 13.5. The first-order valence-electron chi connectivity index (χ1n) is 7.28. The summed E-state index contributed by atoms with van der Waals surface area (Å²) < 4.78 is 4.91. The molecular weight excluding hydrogens is 230 g/mol. The lowest BCUT2D eigenvalue weighted by Crippen LogP contribution is -2.15. The topological polar surface area (TPSA) is 61.5 Å². The van der Waals surface area contributed by atoms with Gasteiger partial charge in [0, 0.05) is 0 Å². The highest BCUT2D eigenvalue weighted by Crippen LogP contribution is 2.10. The van der Waals surface area contributed by atoms with Crippen LogP contribution in [0.25, 0.3) is 0 Å². The molecule has 0 saturated carbocycles. The van der Waals surface area contributed by atoms with Crippen LogP contribution in [-0.4, -0.2) is 19.2 Å². The van der Waals surface area contributed by atoms with Gasteiger partial charge < -0.3 is 4.74 Å². The molecule has 4 nitrogen and oxygen atoms in total. The van der Waals surface area contributed by atoms with Crippen molar-refractivity contribution in [3.05, 3.63) is 0 Å². The van der Waals surface area contributed by atoms with Crippen LogP contribution in [0.15, 0.2) is 0 Å². The average Bonchev–Trinajstić information content (AvgIpc) is 2.36. The predicted molar refractivity (Wildman–Crippen MR) is 72.9 cm³/mol. The highest BCUT2D eigenvalue weighted by molar-refractivity contribution is 5.70. The number of ether oxygens (including phenoxy) is 1. The van der Waals surface area contributed by atoms with Gasteiger partial charge in [0.1, 0.15) is 0 Å². The summed E-state index contributed by atoms with van der Waals surface area (Å²) in [7, 11) is 0. The number of hydrogen-bond donors (Lipinski definition) is 1. The fourth-order valence-electron chi connectivity index (χ4n) is 1.89. The van der Waals surface area contributed by atoms with Gasteiger partial charge in [0.2, 0.25) is 0 Å². The van der Waals surface area contributed by atoms with Crippen LogP contribution in [0.2, 0.25) is 0 Å². The maximum atomic E-state index is 10.9. The van der Waals surface area contributed by atoms with Crippen LogP contribution in [0.3, 0.4) is 0 Å². The number of unbranched alkanes of at least 4 members (excludes halogenated alkanes) is 9. The van der Waals surface area contributed by atoms with Crippen molar-refractivity contribution in [3.8, 4) is 0 Å². The summed E-state index contributed by atoms with van der Waals surface area (Å²) in [5.41, 5.74) is 0. The molecule has 0 spiro atoms.